The van der Waals surface area contributed by atoms with Gasteiger partial charge in [-0.15, -0.1) is 0 Å². The largest absolute Gasteiger partial charge is 0.354 e. The molecule has 0 saturated carbocycles. The molecule has 2 heterocycles. The molecule has 1 aromatic carbocycles. The Balaban J connectivity index is 1.51. The first kappa shape index (κ1) is 19.0. The third-order valence-electron chi connectivity index (χ3n) is 4.53. The Hall–Kier alpha value is -1.82. The molecule has 7 heteroatoms. The third-order valence-corrected chi connectivity index (χ3v) is 5.12. The number of aromatic nitrogens is 1. The minimum atomic E-state index is -0.132. The number of pyridine rings is 1. The number of halogens is 2. The van der Waals surface area contributed by atoms with Crippen LogP contribution in [-0.4, -0.2) is 55.6 Å². The van der Waals surface area contributed by atoms with E-state index in [-0.39, 0.29) is 5.91 Å². The molecule has 1 fully saturated rings. The zero-order valence-corrected chi connectivity index (χ0v) is 16.2. The van der Waals surface area contributed by atoms with Crippen LogP contribution in [0, 0.1) is 0 Å². The predicted octanol–water partition coefficient (Wildman–Crippen LogP) is 3.11. The maximum absolute atomic E-state index is 12.3. The lowest BCUT2D eigenvalue weighted by Gasteiger charge is -2.33. The van der Waals surface area contributed by atoms with Crippen LogP contribution in [0.2, 0.25) is 10.0 Å². The van der Waals surface area contributed by atoms with Gasteiger partial charge in [-0.25, -0.2) is 4.98 Å². The van der Waals surface area contributed by atoms with E-state index in [1.165, 1.54) is 0 Å². The molecule has 3 rings (SSSR count). The Morgan fingerprint density at radius 3 is 2.58 bits per heavy atom. The molecule has 1 aliphatic rings. The molecule has 2 aromatic rings. The lowest BCUT2D eigenvalue weighted by Crippen LogP contribution is -2.44. The Bertz CT molecular complexity index is 759. The van der Waals surface area contributed by atoms with E-state index >= 15 is 0 Å². The van der Waals surface area contributed by atoms with Gasteiger partial charge < -0.3 is 15.1 Å². The number of amides is 1. The number of nitrogens with zero attached hydrogens (tertiary/aromatic N) is 3. The van der Waals surface area contributed by atoms with Crippen molar-refractivity contribution in [2.24, 2.45) is 0 Å². The predicted molar refractivity (Wildman–Crippen MR) is 106 cm³/mol. The van der Waals surface area contributed by atoms with Crippen LogP contribution in [0.1, 0.15) is 15.9 Å². The van der Waals surface area contributed by atoms with E-state index in [0.717, 1.165) is 37.6 Å². The Morgan fingerprint density at radius 2 is 1.92 bits per heavy atom. The molecule has 1 aliphatic heterocycles. The molecule has 1 aromatic heterocycles. The van der Waals surface area contributed by atoms with Crippen molar-refractivity contribution < 1.29 is 4.79 Å². The van der Waals surface area contributed by atoms with E-state index in [1.807, 2.05) is 18.2 Å². The summed E-state index contributed by atoms with van der Waals surface area (Å²) in [4.78, 5) is 21.3. The van der Waals surface area contributed by atoms with Crippen LogP contribution >= 0.6 is 23.2 Å². The smallest absolute Gasteiger partial charge is 0.252 e. The summed E-state index contributed by atoms with van der Waals surface area (Å²) >= 11 is 12.0. The van der Waals surface area contributed by atoms with Crippen LogP contribution in [0.3, 0.4) is 0 Å². The van der Waals surface area contributed by atoms with Gasteiger partial charge in [-0.05, 0) is 43.3 Å². The van der Waals surface area contributed by atoms with Crippen molar-refractivity contribution in [1.29, 1.82) is 0 Å². The first-order chi connectivity index (χ1) is 12.5. The van der Waals surface area contributed by atoms with Crippen molar-refractivity contribution in [3.63, 3.8) is 0 Å². The highest BCUT2D eigenvalue weighted by Gasteiger charge is 2.15. The van der Waals surface area contributed by atoms with Gasteiger partial charge in [0.15, 0.2) is 0 Å². The molecule has 1 amide bonds. The summed E-state index contributed by atoms with van der Waals surface area (Å²) in [5.74, 6) is 0.787. The lowest BCUT2D eigenvalue weighted by molar-refractivity contribution is 0.0954. The summed E-state index contributed by atoms with van der Waals surface area (Å²) in [6, 6.07) is 9.12. The fourth-order valence-electron chi connectivity index (χ4n) is 2.88. The van der Waals surface area contributed by atoms with Crippen molar-refractivity contribution in [3.8, 4) is 0 Å². The third kappa shape index (κ3) is 4.87. The van der Waals surface area contributed by atoms with Gasteiger partial charge in [0.2, 0.25) is 0 Å². The maximum Gasteiger partial charge on any atom is 0.252 e. The number of nitrogens with one attached hydrogen (secondary N) is 1. The highest BCUT2D eigenvalue weighted by molar-refractivity contribution is 6.35. The number of rotatable bonds is 5. The van der Waals surface area contributed by atoms with Gasteiger partial charge in [0, 0.05) is 49.0 Å². The number of piperazine rings is 1. The fraction of sp³-hybridized carbons (Fsp3) is 0.368. The minimum absolute atomic E-state index is 0.132. The quantitative estimate of drug-likeness (QED) is 0.848. The highest BCUT2D eigenvalue weighted by Crippen LogP contribution is 2.21. The molecule has 0 radical (unpaired) electrons. The van der Waals surface area contributed by atoms with Crippen LogP contribution in [-0.2, 0) is 6.42 Å². The second-order valence-electron chi connectivity index (χ2n) is 6.44. The molecule has 1 N–H and O–H groups in total. The average Bonchev–Trinajstić information content (AvgIpc) is 2.64. The summed E-state index contributed by atoms with van der Waals surface area (Å²) in [6.07, 6.45) is 2.28. The van der Waals surface area contributed by atoms with Crippen LogP contribution < -0.4 is 10.2 Å². The summed E-state index contributed by atoms with van der Waals surface area (Å²) in [7, 11) is 2.12. The molecule has 0 aliphatic carbocycles. The van der Waals surface area contributed by atoms with Gasteiger partial charge in [-0.3, -0.25) is 4.79 Å². The number of hydrogen-bond donors (Lipinski definition) is 1. The van der Waals surface area contributed by atoms with Gasteiger partial charge in [-0.2, -0.15) is 0 Å². The van der Waals surface area contributed by atoms with E-state index in [9.17, 15) is 4.79 Å². The van der Waals surface area contributed by atoms with Crippen molar-refractivity contribution in [2.45, 2.75) is 6.42 Å². The Labute approximate surface area is 163 Å². The fourth-order valence-corrected chi connectivity index (χ4v) is 3.38. The monoisotopic (exact) mass is 392 g/mol. The van der Waals surface area contributed by atoms with Crippen molar-refractivity contribution in [1.82, 2.24) is 15.2 Å². The van der Waals surface area contributed by atoms with Gasteiger partial charge in [-0.1, -0.05) is 29.3 Å². The summed E-state index contributed by atoms with van der Waals surface area (Å²) in [5, 5.41) is 4.12. The number of likely N-dealkylation sites (N-methyl/N-ethyl adjacent to an activating group) is 1. The molecule has 0 unspecified atom stereocenters. The zero-order chi connectivity index (χ0) is 18.5. The summed E-state index contributed by atoms with van der Waals surface area (Å²) < 4.78 is 0. The summed E-state index contributed by atoms with van der Waals surface area (Å²) in [5.41, 5.74) is 1.52. The van der Waals surface area contributed by atoms with Gasteiger partial charge in [0.1, 0.15) is 5.82 Å². The second kappa shape index (κ2) is 8.71. The number of carbonyl (C=O) groups is 1. The number of hydrogen-bond acceptors (Lipinski definition) is 4. The van der Waals surface area contributed by atoms with Gasteiger partial charge >= 0.3 is 0 Å². The maximum atomic E-state index is 12.3. The molecular formula is C19H22Cl2N4O. The first-order valence-corrected chi connectivity index (χ1v) is 9.40. The molecule has 1 saturated heterocycles. The van der Waals surface area contributed by atoms with Crippen LogP contribution in [0.5, 0.6) is 0 Å². The normalized spacial score (nSPS) is 15.1. The number of benzene rings is 1. The molecule has 5 nitrogen and oxygen atoms in total. The van der Waals surface area contributed by atoms with Crippen molar-refractivity contribution >= 4 is 34.9 Å². The Kier molecular flexibility index (Phi) is 6.35. The molecular weight excluding hydrogens is 371 g/mol. The number of carbonyl (C=O) groups excluding carboxylic acids is 1. The van der Waals surface area contributed by atoms with E-state index < -0.39 is 0 Å². The van der Waals surface area contributed by atoms with Gasteiger partial charge in [0.25, 0.3) is 5.91 Å². The number of anilines is 1. The van der Waals surface area contributed by atoms with E-state index in [2.05, 4.69) is 27.1 Å². The van der Waals surface area contributed by atoms with Crippen LogP contribution in [0.15, 0.2) is 36.5 Å². The second-order valence-corrected chi connectivity index (χ2v) is 7.28. The minimum Gasteiger partial charge on any atom is -0.354 e. The van der Waals surface area contributed by atoms with Crippen molar-refractivity contribution in [3.05, 3.63) is 57.7 Å². The van der Waals surface area contributed by atoms with Crippen molar-refractivity contribution in [2.75, 3.05) is 44.7 Å². The average molecular weight is 393 g/mol. The topological polar surface area (TPSA) is 48.5 Å². The Morgan fingerprint density at radius 1 is 1.15 bits per heavy atom. The lowest BCUT2D eigenvalue weighted by atomic mass is 10.1. The molecule has 26 heavy (non-hydrogen) atoms. The zero-order valence-electron chi connectivity index (χ0n) is 14.7. The molecule has 0 atom stereocenters. The summed E-state index contributed by atoms with van der Waals surface area (Å²) in [6.45, 7) is 4.46. The SMILES string of the molecule is CN1CCN(c2ccc(C(=O)NCCc3ccc(Cl)cc3Cl)cn2)CC1. The van der Waals surface area contributed by atoms with E-state index in [4.69, 9.17) is 23.2 Å². The van der Waals surface area contributed by atoms with Gasteiger partial charge in [0.05, 0.1) is 5.56 Å². The standard InChI is InChI=1S/C19H22Cl2N4O/c1-24-8-10-25(11-9-24)18-5-3-15(13-23-18)19(26)22-7-6-14-2-4-16(20)12-17(14)21/h2-5,12-13H,6-11H2,1H3,(H,22,26). The first-order valence-electron chi connectivity index (χ1n) is 8.64. The van der Waals surface area contributed by atoms with Crippen LogP contribution in [0.4, 0.5) is 5.82 Å². The molecule has 0 spiro atoms. The van der Waals surface area contributed by atoms with E-state index in [0.29, 0.717) is 28.6 Å². The van der Waals surface area contributed by atoms with Crippen LogP contribution in [0.25, 0.3) is 0 Å². The van der Waals surface area contributed by atoms with E-state index in [1.54, 1.807) is 18.3 Å². The molecule has 0 bridgehead atoms. The molecule has 138 valence electrons. The highest BCUT2D eigenvalue weighted by atomic mass is 35.5.